The number of aromatic nitrogens is 4. The lowest BCUT2D eigenvalue weighted by Crippen LogP contribution is -2.40. The lowest BCUT2D eigenvalue weighted by molar-refractivity contribution is 0.0948. The normalized spacial score (nSPS) is 12.8. The summed E-state index contributed by atoms with van der Waals surface area (Å²) in [5.74, 6) is 0.168. The summed E-state index contributed by atoms with van der Waals surface area (Å²) < 4.78 is 0. The third-order valence-corrected chi connectivity index (χ3v) is 5.63. The summed E-state index contributed by atoms with van der Waals surface area (Å²) in [4.78, 5) is 35.1. The quantitative estimate of drug-likeness (QED) is 0.196. The fraction of sp³-hybridized carbons (Fsp3) is 0.370. The Kier molecular flexibility index (Phi) is 11.1. The molecule has 3 aromatic heterocycles. The molecule has 0 aliphatic heterocycles. The van der Waals surface area contributed by atoms with Crippen molar-refractivity contribution < 1.29 is 9.90 Å². The van der Waals surface area contributed by atoms with Crippen molar-refractivity contribution in [2.45, 2.75) is 26.9 Å². The van der Waals surface area contributed by atoms with E-state index >= 15 is 0 Å². The summed E-state index contributed by atoms with van der Waals surface area (Å²) in [5, 5.41) is 16.1. The number of amides is 1. The third kappa shape index (κ3) is 9.34. The minimum absolute atomic E-state index is 0.185. The first-order chi connectivity index (χ1) is 18.0. The van der Waals surface area contributed by atoms with Gasteiger partial charge in [0.05, 0.1) is 17.5 Å². The first kappa shape index (κ1) is 27.9. The van der Waals surface area contributed by atoms with Crippen LogP contribution in [0.5, 0.6) is 0 Å². The third-order valence-electron chi connectivity index (χ3n) is 5.63. The van der Waals surface area contributed by atoms with E-state index in [9.17, 15) is 9.90 Å². The van der Waals surface area contributed by atoms with E-state index < -0.39 is 6.10 Å². The Morgan fingerprint density at radius 1 is 1.11 bits per heavy atom. The van der Waals surface area contributed by atoms with Gasteiger partial charge in [0.15, 0.2) is 0 Å². The van der Waals surface area contributed by atoms with E-state index in [0.29, 0.717) is 49.2 Å². The molecule has 1 atom stereocenters. The monoisotopic (exact) mass is 504 g/mol. The summed E-state index contributed by atoms with van der Waals surface area (Å²) in [6, 6.07) is 11.0. The highest BCUT2D eigenvalue weighted by atomic mass is 16.3. The number of carbonyl (C=O) groups is 1. The molecule has 196 valence electrons. The number of nitrogens with zero attached hydrogens (tertiary/aromatic N) is 5. The average molecular weight is 505 g/mol. The molecule has 0 radical (unpaired) electrons. The number of hydrogen-bond donors (Lipinski definition) is 4. The van der Waals surface area contributed by atoms with Crippen LogP contribution in [0.25, 0.3) is 17.5 Å². The summed E-state index contributed by atoms with van der Waals surface area (Å²) in [5.41, 5.74) is 3.43. The number of aliphatic imine (C=N–C) groups is 1. The van der Waals surface area contributed by atoms with Gasteiger partial charge >= 0.3 is 0 Å². The number of carbonyl (C=O) groups excluding carboxylic acids is 1. The van der Waals surface area contributed by atoms with Crippen molar-refractivity contribution in [1.82, 2.24) is 35.5 Å². The number of H-pyrrole nitrogens is 1. The molecule has 37 heavy (non-hydrogen) atoms. The van der Waals surface area contributed by atoms with Crippen LogP contribution in [0.1, 0.15) is 37.0 Å². The van der Waals surface area contributed by atoms with Crippen molar-refractivity contribution in [3.63, 3.8) is 0 Å². The first-order valence-electron chi connectivity index (χ1n) is 12.5. The SMILES string of the molecule is CCN(CC)CC(O)CNCCNC(=O)c1ccc(/C=C\C(C)=Nc2nccc(-c3ccccn3)n2)[nH]1. The molecule has 1 amide bonds. The number of likely N-dealkylation sites (N-methyl/N-ethyl adjacent to an activating group) is 1. The predicted molar refractivity (Wildman–Crippen MR) is 147 cm³/mol. The Morgan fingerprint density at radius 3 is 2.70 bits per heavy atom. The van der Waals surface area contributed by atoms with Gasteiger partial charge in [-0.3, -0.25) is 9.78 Å². The highest BCUT2D eigenvalue weighted by molar-refractivity contribution is 5.98. The van der Waals surface area contributed by atoms with Crippen molar-refractivity contribution >= 4 is 23.6 Å². The Labute approximate surface area is 218 Å². The molecule has 1 unspecified atom stereocenters. The van der Waals surface area contributed by atoms with Crippen molar-refractivity contribution in [3.05, 3.63) is 66.3 Å². The standard InChI is InChI=1S/C27H36N8O2/c1-4-35(5-2)19-22(36)18-28-16-17-30-26(37)25-12-11-21(33-25)10-9-20(3)32-27-31-15-13-24(34-27)23-8-6-7-14-29-23/h6-15,22,28,33,36H,4-5,16-19H2,1-3H3,(H,30,37)/b10-9-,32-20?. The van der Waals surface area contributed by atoms with Gasteiger partial charge in [-0.05, 0) is 62.5 Å². The number of allylic oxidation sites excluding steroid dienone is 1. The van der Waals surface area contributed by atoms with Gasteiger partial charge in [0.1, 0.15) is 5.69 Å². The number of hydrogen-bond acceptors (Lipinski definition) is 8. The van der Waals surface area contributed by atoms with Crippen LogP contribution in [-0.4, -0.2) is 86.9 Å². The molecule has 0 fully saturated rings. The molecule has 0 bridgehead atoms. The van der Waals surface area contributed by atoms with Crippen LogP contribution in [0.4, 0.5) is 5.95 Å². The maximum atomic E-state index is 12.4. The second kappa shape index (κ2) is 14.7. The fourth-order valence-electron chi connectivity index (χ4n) is 3.58. The summed E-state index contributed by atoms with van der Waals surface area (Å²) in [6.45, 7) is 10.0. The highest BCUT2D eigenvalue weighted by Crippen LogP contribution is 2.15. The molecule has 0 aliphatic rings. The second-order valence-corrected chi connectivity index (χ2v) is 8.47. The maximum Gasteiger partial charge on any atom is 0.267 e. The van der Waals surface area contributed by atoms with Crippen LogP contribution >= 0.6 is 0 Å². The molecule has 0 aromatic carbocycles. The van der Waals surface area contributed by atoms with Crippen molar-refractivity contribution in [3.8, 4) is 11.4 Å². The van der Waals surface area contributed by atoms with Crippen molar-refractivity contribution in [1.29, 1.82) is 0 Å². The number of aliphatic hydroxyl groups is 1. The molecule has 10 heteroatoms. The van der Waals surface area contributed by atoms with Gasteiger partial charge in [-0.2, -0.15) is 0 Å². The Morgan fingerprint density at radius 2 is 1.95 bits per heavy atom. The predicted octanol–water partition coefficient (Wildman–Crippen LogP) is 2.69. The van der Waals surface area contributed by atoms with Crippen molar-refractivity contribution in [2.24, 2.45) is 4.99 Å². The number of pyridine rings is 1. The topological polar surface area (TPSA) is 131 Å². The summed E-state index contributed by atoms with van der Waals surface area (Å²) >= 11 is 0. The molecular weight excluding hydrogens is 468 g/mol. The lowest BCUT2D eigenvalue weighted by Gasteiger charge is -2.22. The van der Waals surface area contributed by atoms with Gasteiger partial charge in [-0.25, -0.2) is 15.0 Å². The lowest BCUT2D eigenvalue weighted by atomic mass is 10.2. The Balaban J connectivity index is 1.45. The van der Waals surface area contributed by atoms with Gasteiger partial charge in [0.25, 0.3) is 5.91 Å². The van der Waals surface area contributed by atoms with Gasteiger partial charge in [0, 0.05) is 50.0 Å². The van der Waals surface area contributed by atoms with E-state index in [4.69, 9.17) is 0 Å². The Bertz CT molecular complexity index is 1170. The summed E-state index contributed by atoms with van der Waals surface area (Å²) in [6.07, 6.45) is 6.62. The maximum absolute atomic E-state index is 12.4. The second-order valence-electron chi connectivity index (χ2n) is 8.47. The zero-order valence-corrected chi connectivity index (χ0v) is 21.7. The summed E-state index contributed by atoms with van der Waals surface area (Å²) in [7, 11) is 0. The fourth-order valence-corrected chi connectivity index (χ4v) is 3.58. The van der Waals surface area contributed by atoms with Crippen LogP contribution < -0.4 is 10.6 Å². The van der Waals surface area contributed by atoms with E-state index in [1.54, 1.807) is 24.5 Å². The van der Waals surface area contributed by atoms with Crippen LogP contribution in [0.3, 0.4) is 0 Å². The van der Waals surface area contributed by atoms with Gasteiger partial charge in [-0.15, -0.1) is 0 Å². The van der Waals surface area contributed by atoms with Crippen LogP contribution in [-0.2, 0) is 0 Å². The average Bonchev–Trinajstić information content (AvgIpc) is 3.40. The number of rotatable bonds is 14. The molecule has 3 rings (SSSR count). The van der Waals surface area contributed by atoms with E-state index in [1.807, 2.05) is 43.3 Å². The molecule has 4 N–H and O–H groups in total. The van der Waals surface area contributed by atoms with E-state index in [2.05, 4.69) is 54.3 Å². The van der Waals surface area contributed by atoms with Gasteiger partial charge in [0.2, 0.25) is 5.95 Å². The van der Waals surface area contributed by atoms with Crippen LogP contribution in [0.15, 0.2) is 59.9 Å². The molecule has 0 aliphatic carbocycles. The minimum Gasteiger partial charge on any atom is -0.390 e. The highest BCUT2D eigenvalue weighted by Gasteiger charge is 2.09. The molecule has 0 spiro atoms. The smallest absolute Gasteiger partial charge is 0.267 e. The molecule has 10 nitrogen and oxygen atoms in total. The Hall–Kier alpha value is -3.73. The molecule has 0 saturated heterocycles. The van der Waals surface area contributed by atoms with Crippen LogP contribution in [0.2, 0.25) is 0 Å². The van der Waals surface area contributed by atoms with E-state index in [-0.39, 0.29) is 5.91 Å². The largest absolute Gasteiger partial charge is 0.390 e. The molecule has 3 heterocycles. The number of aromatic amines is 1. The van der Waals surface area contributed by atoms with E-state index in [1.165, 1.54) is 0 Å². The first-order valence-corrected chi connectivity index (χ1v) is 12.5. The zero-order chi connectivity index (χ0) is 26.5. The van der Waals surface area contributed by atoms with E-state index in [0.717, 1.165) is 24.5 Å². The molecule has 3 aromatic rings. The van der Waals surface area contributed by atoms with Crippen LogP contribution in [0, 0.1) is 0 Å². The zero-order valence-electron chi connectivity index (χ0n) is 21.7. The minimum atomic E-state index is -0.434. The van der Waals surface area contributed by atoms with Gasteiger partial charge < -0.3 is 25.6 Å². The van der Waals surface area contributed by atoms with Crippen molar-refractivity contribution in [2.75, 3.05) is 39.3 Å². The van der Waals surface area contributed by atoms with Gasteiger partial charge in [-0.1, -0.05) is 19.9 Å². The number of aliphatic hydroxyl groups excluding tert-OH is 1. The number of nitrogens with one attached hydrogen (secondary N) is 3. The molecular formula is C27H36N8O2. The molecule has 0 saturated carbocycles.